The summed E-state index contributed by atoms with van der Waals surface area (Å²) in [5.74, 6) is 0.0933. The lowest BCUT2D eigenvalue weighted by Gasteiger charge is -2.34. The van der Waals surface area contributed by atoms with E-state index in [4.69, 9.17) is 23.2 Å². The zero-order chi connectivity index (χ0) is 21.5. The van der Waals surface area contributed by atoms with Gasteiger partial charge in [-0.1, -0.05) is 41.4 Å². The zero-order valence-electron chi connectivity index (χ0n) is 16.3. The van der Waals surface area contributed by atoms with Gasteiger partial charge in [-0.2, -0.15) is 8.42 Å². The van der Waals surface area contributed by atoms with E-state index in [0.717, 1.165) is 18.4 Å². The minimum absolute atomic E-state index is 0.0759. The Labute approximate surface area is 185 Å². The third kappa shape index (κ3) is 4.06. The number of likely N-dealkylation sites (tertiary alicyclic amines) is 1. The van der Waals surface area contributed by atoms with Gasteiger partial charge in [-0.05, 0) is 49.6 Å². The van der Waals surface area contributed by atoms with Crippen molar-refractivity contribution < 1.29 is 13.2 Å². The summed E-state index contributed by atoms with van der Waals surface area (Å²) in [6, 6.07) is 11.9. The number of benzene rings is 2. The van der Waals surface area contributed by atoms with Gasteiger partial charge in [0, 0.05) is 18.7 Å². The lowest BCUT2D eigenvalue weighted by atomic mass is 9.95. The number of hydrogen-bond donors (Lipinski definition) is 1. The molecular formula is C21H21Cl2N3O3S. The minimum Gasteiger partial charge on any atom is -0.355 e. The van der Waals surface area contributed by atoms with Gasteiger partial charge in [-0.15, -0.1) is 4.40 Å². The molecule has 2 heterocycles. The number of carbonyl (C=O) groups excluding carboxylic acids is 1. The van der Waals surface area contributed by atoms with E-state index in [1.54, 1.807) is 36.4 Å². The van der Waals surface area contributed by atoms with E-state index >= 15 is 0 Å². The molecule has 0 bridgehead atoms. The first-order chi connectivity index (χ1) is 14.3. The van der Waals surface area contributed by atoms with Gasteiger partial charge in [0.2, 0.25) is 5.91 Å². The zero-order valence-corrected chi connectivity index (χ0v) is 18.6. The van der Waals surface area contributed by atoms with E-state index in [0.29, 0.717) is 34.5 Å². The number of nitrogens with zero attached hydrogens (tertiary/aromatic N) is 2. The number of amidine groups is 1. The Morgan fingerprint density at radius 3 is 2.73 bits per heavy atom. The standard InChI is InChI=1S/C21H21Cl2N3O3S/c1-13(14-8-9-17(22)18(23)11-14)24-21(27)15-5-4-10-26(12-15)20-16-6-2-3-7-19(16)30(28,29)25-20/h2-3,6-9,11,13,15H,4-5,10,12H2,1H3,(H,24,27)/t13-,15+/m1/s1. The van der Waals surface area contributed by atoms with Crippen LogP contribution in [0.25, 0.3) is 0 Å². The number of carbonyl (C=O) groups is 1. The van der Waals surface area contributed by atoms with E-state index in [1.807, 2.05) is 17.9 Å². The Balaban J connectivity index is 1.48. The van der Waals surface area contributed by atoms with Crippen molar-refractivity contribution >= 4 is 45.0 Å². The molecule has 9 heteroatoms. The molecule has 1 fully saturated rings. The van der Waals surface area contributed by atoms with Crippen LogP contribution in [0, 0.1) is 5.92 Å². The van der Waals surface area contributed by atoms with Crippen molar-refractivity contribution in [1.29, 1.82) is 0 Å². The summed E-state index contributed by atoms with van der Waals surface area (Å²) in [5, 5.41) is 3.94. The van der Waals surface area contributed by atoms with Crippen LogP contribution in [0.3, 0.4) is 0 Å². The maximum Gasteiger partial charge on any atom is 0.285 e. The van der Waals surface area contributed by atoms with E-state index in [1.165, 1.54) is 0 Å². The van der Waals surface area contributed by atoms with Crippen LogP contribution in [-0.2, 0) is 14.8 Å². The molecule has 2 aromatic rings. The number of sulfonamides is 1. The lowest BCUT2D eigenvalue weighted by molar-refractivity contribution is -0.126. The van der Waals surface area contributed by atoms with Crippen molar-refractivity contribution in [2.24, 2.45) is 10.3 Å². The molecule has 0 spiro atoms. The molecule has 0 unspecified atom stereocenters. The summed E-state index contributed by atoms with van der Waals surface area (Å²) in [4.78, 5) is 15.0. The fraction of sp³-hybridized carbons (Fsp3) is 0.333. The second-order valence-corrected chi connectivity index (χ2v) is 9.96. The molecule has 0 aromatic heterocycles. The van der Waals surface area contributed by atoms with Crippen LogP contribution in [0.1, 0.15) is 36.9 Å². The third-order valence-electron chi connectivity index (χ3n) is 5.51. The highest BCUT2D eigenvalue weighted by Crippen LogP contribution is 2.30. The molecule has 1 N–H and O–H groups in total. The van der Waals surface area contributed by atoms with Crippen molar-refractivity contribution in [1.82, 2.24) is 10.2 Å². The summed E-state index contributed by atoms with van der Waals surface area (Å²) in [6.07, 6.45) is 1.51. The van der Waals surface area contributed by atoms with Gasteiger partial charge < -0.3 is 10.2 Å². The highest BCUT2D eigenvalue weighted by Gasteiger charge is 2.35. The molecule has 6 nitrogen and oxygen atoms in total. The molecule has 2 atom stereocenters. The SMILES string of the molecule is C[C@@H](NC(=O)[C@H]1CCCN(C2=NS(=O)(=O)c3ccccc32)C1)c1ccc(Cl)c(Cl)c1. The monoisotopic (exact) mass is 465 g/mol. The Bertz CT molecular complexity index is 1130. The van der Waals surface area contributed by atoms with Crippen molar-refractivity contribution in [3.63, 3.8) is 0 Å². The number of hydrogen-bond acceptors (Lipinski definition) is 4. The van der Waals surface area contributed by atoms with Crippen LogP contribution in [0.15, 0.2) is 51.8 Å². The fourth-order valence-electron chi connectivity index (χ4n) is 3.90. The smallest absolute Gasteiger partial charge is 0.285 e. The second kappa shape index (κ2) is 8.21. The summed E-state index contributed by atoms with van der Waals surface area (Å²) in [5.41, 5.74) is 1.47. The van der Waals surface area contributed by atoms with E-state index in [9.17, 15) is 13.2 Å². The molecule has 1 saturated heterocycles. The number of piperidine rings is 1. The molecule has 2 aliphatic heterocycles. The molecule has 1 amide bonds. The van der Waals surface area contributed by atoms with Crippen LogP contribution in [0.2, 0.25) is 10.0 Å². The van der Waals surface area contributed by atoms with Gasteiger partial charge in [-0.25, -0.2) is 0 Å². The summed E-state index contributed by atoms with van der Waals surface area (Å²) < 4.78 is 28.7. The molecule has 0 aliphatic carbocycles. The van der Waals surface area contributed by atoms with Crippen LogP contribution in [0.5, 0.6) is 0 Å². The minimum atomic E-state index is -3.68. The normalized spacial score (nSPS) is 21.0. The van der Waals surface area contributed by atoms with Crippen LogP contribution >= 0.6 is 23.2 Å². The Hall–Kier alpha value is -2.09. The van der Waals surface area contributed by atoms with Gasteiger partial charge in [0.15, 0.2) is 5.84 Å². The van der Waals surface area contributed by atoms with Crippen molar-refractivity contribution in [3.05, 3.63) is 63.6 Å². The van der Waals surface area contributed by atoms with Gasteiger partial charge in [0.05, 0.1) is 22.0 Å². The summed E-state index contributed by atoms with van der Waals surface area (Å²) in [7, 11) is -3.68. The van der Waals surface area contributed by atoms with E-state index < -0.39 is 10.0 Å². The van der Waals surface area contributed by atoms with E-state index in [-0.39, 0.29) is 22.8 Å². The van der Waals surface area contributed by atoms with Crippen molar-refractivity contribution in [2.75, 3.05) is 13.1 Å². The molecule has 2 aromatic carbocycles. The Morgan fingerprint density at radius 2 is 1.97 bits per heavy atom. The summed E-state index contributed by atoms with van der Waals surface area (Å²) >= 11 is 12.1. The molecule has 30 heavy (non-hydrogen) atoms. The number of amides is 1. The first-order valence-corrected chi connectivity index (χ1v) is 11.9. The lowest BCUT2D eigenvalue weighted by Crippen LogP contribution is -2.45. The fourth-order valence-corrected chi connectivity index (χ4v) is 5.43. The first-order valence-electron chi connectivity index (χ1n) is 9.71. The molecular weight excluding hydrogens is 445 g/mol. The number of fused-ring (bicyclic) bond motifs is 1. The average molecular weight is 466 g/mol. The van der Waals surface area contributed by atoms with Crippen LogP contribution < -0.4 is 5.32 Å². The predicted molar refractivity (Wildman–Crippen MR) is 117 cm³/mol. The highest BCUT2D eigenvalue weighted by atomic mass is 35.5. The molecule has 4 rings (SSSR count). The largest absolute Gasteiger partial charge is 0.355 e. The van der Waals surface area contributed by atoms with Gasteiger partial charge >= 0.3 is 0 Å². The first kappa shape index (κ1) is 21.2. The third-order valence-corrected chi connectivity index (χ3v) is 7.57. The summed E-state index contributed by atoms with van der Waals surface area (Å²) in [6.45, 7) is 2.97. The molecule has 0 radical (unpaired) electrons. The molecule has 158 valence electrons. The van der Waals surface area contributed by atoms with E-state index in [2.05, 4.69) is 9.71 Å². The Morgan fingerprint density at radius 1 is 1.20 bits per heavy atom. The quantitative estimate of drug-likeness (QED) is 0.741. The van der Waals surface area contributed by atoms with Crippen molar-refractivity contribution in [2.45, 2.75) is 30.7 Å². The molecule has 0 saturated carbocycles. The van der Waals surface area contributed by atoms with Gasteiger partial charge in [-0.3, -0.25) is 4.79 Å². The number of rotatable bonds is 3. The van der Waals surface area contributed by atoms with Crippen LogP contribution in [0.4, 0.5) is 0 Å². The van der Waals surface area contributed by atoms with Crippen molar-refractivity contribution in [3.8, 4) is 0 Å². The highest BCUT2D eigenvalue weighted by molar-refractivity contribution is 7.90. The molecule has 2 aliphatic rings. The number of halogens is 2. The topological polar surface area (TPSA) is 78.8 Å². The maximum atomic E-state index is 12.9. The van der Waals surface area contributed by atoms with Crippen LogP contribution in [-0.4, -0.2) is 38.2 Å². The number of nitrogens with one attached hydrogen (secondary N) is 1. The predicted octanol–water partition coefficient (Wildman–Crippen LogP) is 4.03. The maximum absolute atomic E-state index is 12.9. The van der Waals surface area contributed by atoms with Gasteiger partial charge in [0.25, 0.3) is 10.0 Å². The second-order valence-electron chi connectivity index (χ2n) is 7.58. The van der Waals surface area contributed by atoms with Gasteiger partial charge in [0.1, 0.15) is 4.90 Å². The Kier molecular flexibility index (Phi) is 5.79. The average Bonchev–Trinajstić information content (AvgIpc) is 3.01.